The first-order chi connectivity index (χ1) is 9.78. The minimum Gasteiger partial charge on any atom is -0.484 e. The van der Waals surface area contributed by atoms with Crippen LogP contribution in [0.1, 0.15) is 11.4 Å². The first-order valence-corrected chi connectivity index (χ1v) is 6.77. The van der Waals surface area contributed by atoms with Crippen molar-refractivity contribution in [1.29, 1.82) is 5.26 Å². The monoisotopic (exact) mass is 282 g/mol. The number of fused-ring (bicyclic) bond motifs is 1. The van der Waals surface area contributed by atoms with Gasteiger partial charge in [0.1, 0.15) is 29.1 Å². The SMILES string of the molecule is N#Cc1ccccc1OCc1nc(N)c2ccsc2n1. The quantitative estimate of drug-likeness (QED) is 0.798. The molecule has 0 atom stereocenters. The van der Waals surface area contributed by atoms with Gasteiger partial charge in [-0.2, -0.15) is 5.26 Å². The lowest BCUT2D eigenvalue weighted by Crippen LogP contribution is -2.04. The van der Waals surface area contributed by atoms with Gasteiger partial charge in [-0.25, -0.2) is 9.97 Å². The van der Waals surface area contributed by atoms with Gasteiger partial charge in [0.15, 0.2) is 5.82 Å². The molecule has 0 fully saturated rings. The van der Waals surface area contributed by atoms with E-state index in [0.717, 1.165) is 10.2 Å². The van der Waals surface area contributed by atoms with E-state index in [9.17, 15) is 0 Å². The number of ether oxygens (including phenoxy) is 1. The van der Waals surface area contributed by atoms with Crippen molar-refractivity contribution in [3.8, 4) is 11.8 Å². The molecule has 6 heteroatoms. The summed E-state index contributed by atoms with van der Waals surface area (Å²) in [6, 6.07) is 11.0. The Kier molecular flexibility index (Phi) is 3.19. The number of para-hydroxylation sites is 1. The van der Waals surface area contributed by atoms with Gasteiger partial charge in [-0.15, -0.1) is 11.3 Å². The minimum atomic E-state index is 0.177. The molecule has 0 saturated heterocycles. The van der Waals surface area contributed by atoms with E-state index < -0.39 is 0 Å². The summed E-state index contributed by atoms with van der Waals surface area (Å²) in [7, 11) is 0. The molecule has 1 aromatic carbocycles. The highest BCUT2D eigenvalue weighted by Crippen LogP contribution is 2.23. The fourth-order valence-corrected chi connectivity index (χ4v) is 2.61. The highest BCUT2D eigenvalue weighted by molar-refractivity contribution is 7.16. The second-order valence-electron chi connectivity index (χ2n) is 4.06. The Morgan fingerprint density at radius 2 is 2.10 bits per heavy atom. The van der Waals surface area contributed by atoms with Crippen molar-refractivity contribution in [2.45, 2.75) is 6.61 Å². The van der Waals surface area contributed by atoms with E-state index in [2.05, 4.69) is 16.0 Å². The van der Waals surface area contributed by atoms with Crippen LogP contribution in [0.15, 0.2) is 35.7 Å². The maximum atomic E-state index is 8.99. The van der Waals surface area contributed by atoms with Crippen LogP contribution in [0.2, 0.25) is 0 Å². The first-order valence-electron chi connectivity index (χ1n) is 5.89. The van der Waals surface area contributed by atoms with E-state index in [4.69, 9.17) is 15.7 Å². The van der Waals surface area contributed by atoms with Gasteiger partial charge in [0, 0.05) is 0 Å². The third-order valence-electron chi connectivity index (χ3n) is 2.77. The molecule has 98 valence electrons. The van der Waals surface area contributed by atoms with Gasteiger partial charge in [-0.05, 0) is 23.6 Å². The Balaban J connectivity index is 1.85. The zero-order chi connectivity index (χ0) is 13.9. The molecular weight excluding hydrogens is 272 g/mol. The maximum Gasteiger partial charge on any atom is 0.169 e. The van der Waals surface area contributed by atoms with Crippen LogP contribution in [0.25, 0.3) is 10.2 Å². The zero-order valence-corrected chi connectivity index (χ0v) is 11.2. The Morgan fingerprint density at radius 1 is 1.25 bits per heavy atom. The molecule has 0 radical (unpaired) electrons. The summed E-state index contributed by atoms with van der Waals surface area (Å²) in [6.07, 6.45) is 0. The van der Waals surface area contributed by atoms with Crippen LogP contribution in [-0.2, 0) is 6.61 Å². The van der Waals surface area contributed by atoms with E-state index in [0.29, 0.717) is 23.0 Å². The summed E-state index contributed by atoms with van der Waals surface area (Å²) in [6.45, 7) is 0.177. The van der Waals surface area contributed by atoms with Gasteiger partial charge >= 0.3 is 0 Å². The average molecular weight is 282 g/mol. The molecule has 0 aliphatic carbocycles. The Labute approximate surface area is 119 Å². The predicted octanol–water partition coefficient (Wildman–Crippen LogP) is 2.72. The molecule has 0 aliphatic rings. The van der Waals surface area contributed by atoms with E-state index in [1.54, 1.807) is 18.2 Å². The third-order valence-corrected chi connectivity index (χ3v) is 3.57. The number of rotatable bonds is 3. The molecular formula is C14H10N4OS. The van der Waals surface area contributed by atoms with Crippen molar-refractivity contribution < 1.29 is 4.74 Å². The number of thiophene rings is 1. The van der Waals surface area contributed by atoms with E-state index >= 15 is 0 Å². The van der Waals surface area contributed by atoms with Crippen LogP contribution in [0.4, 0.5) is 5.82 Å². The maximum absolute atomic E-state index is 8.99. The third kappa shape index (κ3) is 2.27. The topological polar surface area (TPSA) is 84.8 Å². The molecule has 0 spiro atoms. The standard InChI is InChI=1S/C14H10N4OS/c15-7-9-3-1-2-4-11(9)19-8-12-17-13(16)10-5-6-20-14(10)18-12/h1-6H,8H2,(H2,16,17,18). The van der Waals surface area contributed by atoms with Gasteiger partial charge < -0.3 is 10.5 Å². The van der Waals surface area contributed by atoms with E-state index in [-0.39, 0.29) is 6.61 Å². The van der Waals surface area contributed by atoms with Gasteiger partial charge in [-0.3, -0.25) is 0 Å². The minimum absolute atomic E-state index is 0.177. The van der Waals surface area contributed by atoms with E-state index in [1.165, 1.54) is 11.3 Å². The van der Waals surface area contributed by atoms with E-state index in [1.807, 2.05) is 17.5 Å². The molecule has 5 nitrogen and oxygen atoms in total. The molecule has 0 bridgehead atoms. The largest absolute Gasteiger partial charge is 0.484 e. The highest BCUT2D eigenvalue weighted by atomic mass is 32.1. The van der Waals surface area contributed by atoms with Gasteiger partial charge in [0.2, 0.25) is 0 Å². The van der Waals surface area contributed by atoms with Crippen LogP contribution >= 0.6 is 11.3 Å². The number of anilines is 1. The van der Waals surface area contributed by atoms with Crippen LogP contribution in [0.3, 0.4) is 0 Å². The number of nitrogens with zero attached hydrogens (tertiary/aromatic N) is 3. The van der Waals surface area contributed by atoms with Gasteiger partial charge in [-0.1, -0.05) is 12.1 Å². The number of nitrogens with two attached hydrogens (primary N) is 1. The Hall–Kier alpha value is -2.65. The van der Waals surface area contributed by atoms with Crippen LogP contribution in [-0.4, -0.2) is 9.97 Å². The lowest BCUT2D eigenvalue weighted by Gasteiger charge is -2.07. The fraction of sp³-hybridized carbons (Fsp3) is 0.0714. The van der Waals surface area contributed by atoms with Crippen molar-refractivity contribution in [3.05, 3.63) is 47.1 Å². The molecule has 3 rings (SSSR count). The zero-order valence-electron chi connectivity index (χ0n) is 10.4. The van der Waals surface area contributed by atoms with Crippen molar-refractivity contribution in [2.75, 3.05) is 5.73 Å². The predicted molar refractivity (Wildman–Crippen MR) is 77.3 cm³/mol. The second kappa shape index (κ2) is 5.15. The number of aromatic nitrogens is 2. The van der Waals surface area contributed by atoms with Crippen molar-refractivity contribution >= 4 is 27.4 Å². The molecule has 0 aliphatic heterocycles. The van der Waals surface area contributed by atoms with Crippen LogP contribution in [0, 0.1) is 11.3 Å². The second-order valence-corrected chi connectivity index (χ2v) is 4.96. The number of nitrogen functional groups attached to an aromatic ring is 1. The molecule has 0 unspecified atom stereocenters. The fourth-order valence-electron chi connectivity index (χ4n) is 1.82. The summed E-state index contributed by atoms with van der Waals surface area (Å²) in [4.78, 5) is 9.43. The summed E-state index contributed by atoms with van der Waals surface area (Å²) >= 11 is 1.51. The van der Waals surface area contributed by atoms with Gasteiger partial charge in [0.05, 0.1) is 10.9 Å². The molecule has 3 aromatic rings. The number of benzene rings is 1. The number of hydrogen-bond acceptors (Lipinski definition) is 6. The van der Waals surface area contributed by atoms with Crippen molar-refractivity contribution in [2.24, 2.45) is 0 Å². The number of hydrogen-bond donors (Lipinski definition) is 1. The smallest absolute Gasteiger partial charge is 0.169 e. The summed E-state index contributed by atoms with van der Waals surface area (Å²) in [5, 5.41) is 11.8. The Bertz CT molecular complexity index is 806. The molecule has 20 heavy (non-hydrogen) atoms. The summed E-state index contributed by atoms with van der Waals surface area (Å²) in [5.41, 5.74) is 6.36. The van der Waals surface area contributed by atoms with Crippen molar-refractivity contribution in [1.82, 2.24) is 9.97 Å². The molecule has 2 aromatic heterocycles. The normalized spacial score (nSPS) is 10.3. The molecule has 0 amide bonds. The first kappa shape index (κ1) is 12.4. The Morgan fingerprint density at radius 3 is 2.95 bits per heavy atom. The van der Waals surface area contributed by atoms with Crippen molar-refractivity contribution in [3.63, 3.8) is 0 Å². The van der Waals surface area contributed by atoms with Crippen LogP contribution in [0.5, 0.6) is 5.75 Å². The van der Waals surface area contributed by atoms with Gasteiger partial charge in [0.25, 0.3) is 0 Å². The number of nitriles is 1. The van der Waals surface area contributed by atoms with Crippen LogP contribution < -0.4 is 10.5 Å². The summed E-state index contributed by atoms with van der Waals surface area (Å²) in [5.74, 6) is 1.47. The lowest BCUT2D eigenvalue weighted by molar-refractivity contribution is 0.296. The lowest BCUT2D eigenvalue weighted by atomic mass is 10.2. The summed E-state index contributed by atoms with van der Waals surface area (Å²) < 4.78 is 5.60. The molecule has 0 saturated carbocycles. The molecule has 2 heterocycles. The highest BCUT2D eigenvalue weighted by Gasteiger charge is 2.08. The average Bonchev–Trinajstić information content (AvgIpc) is 2.94. The molecule has 2 N–H and O–H groups in total.